The van der Waals surface area contributed by atoms with Gasteiger partial charge in [-0.2, -0.15) is 4.98 Å². The summed E-state index contributed by atoms with van der Waals surface area (Å²) in [5, 5.41) is 4.35. The number of hydrogen-bond donors (Lipinski definition) is 2. The quantitative estimate of drug-likeness (QED) is 0.490. The standard InChI is InChI=1S/C23H19N5O/c1-15-8-7-11-17-20(15)26-22(27-21(17)24-14-16-9-3-2-4-10-16)28-19-13-6-5-12-18(19)25-23(28)29/h2-13H,14H2,1H3,(H,25,29)(H,24,26,27). The van der Waals surface area contributed by atoms with E-state index in [1.807, 2.05) is 67.6 Å². The number of benzene rings is 3. The van der Waals surface area contributed by atoms with E-state index in [0.717, 1.165) is 33.1 Å². The molecule has 0 bridgehead atoms. The van der Waals surface area contributed by atoms with Crippen LogP contribution in [0, 0.1) is 6.92 Å². The molecule has 0 radical (unpaired) electrons. The molecule has 0 amide bonds. The maximum atomic E-state index is 12.7. The molecular weight excluding hydrogens is 362 g/mol. The second kappa shape index (κ2) is 6.91. The van der Waals surface area contributed by atoms with E-state index in [4.69, 9.17) is 9.97 Å². The lowest BCUT2D eigenvalue weighted by Gasteiger charge is -2.12. The number of H-pyrrole nitrogens is 1. The first-order valence-electron chi connectivity index (χ1n) is 9.46. The number of para-hydroxylation sites is 3. The van der Waals surface area contributed by atoms with Crippen molar-refractivity contribution in [3.05, 3.63) is 94.4 Å². The number of aromatic nitrogens is 4. The van der Waals surface area contributed by atoms with Crippen LogP contribution in [-0.4, -0.2) is 19.5 Å². The number of aromatic amines is 1. The average molecular weight is 381 g/mol. The first kappa shape index (κ1) is 17.2. The molecule has 0 unspecified atom stereocenters. The number of nitrogens with zero attached hydrogens (tertiary/aromatic N) is 3. The molecule has 0 atom stereocenters. The maximum absolute atomic E-state index is 12.7. The van der Waals surface area contributed by atoms with Gasteiger partial charge in [0, 0.05) is 11.9 Å². The van der Waals surface area contributed by atoms with Crippen molar-refractivity contribution in [1.29, 1.82) is 0 Å². The first-order chi connectivity index (χ1) is 14.2. The number of hydrogen-bond acceptors (Lipinski definition) is 4. The highest BCUT2D eigenvalue weighted by Crippen LogP contribution is 2.25. The summed E-state index contributed by atoms with van der Waals surface area (Å²) in [5.74, 6) is 1.06. The molecule has 6 nitrogen and oxygen atoms in total. The Labute approximate surface area is 166 Å². The van der Waals surface area contributed by atoms with Gasteiger partial charge in [0.05, 0.1) is 16.6 Å². The molecule has 0 aliphatic carbocycles. The van der Waals surface area contributed by atoms with Gasteiger partial charge in [-0.1, -0.05) is 54.6 Å². The number of imidazole rings is 1. The Hall–Kier alpha value is -3.93. The van der Waals surface area contributed by atoms with Gasteiger partial charge in [-0.15, -0.1) is 0 Å². The Morgan fingerprint density at radius 3 is 2.59 bits per heavy atom. The van der Waals surface area contributed by atoms with E-state index in [9.17, 15) is 4.79 Å². The highest BCUT2D eigenvalue weighted by Gasteiger charge is 2.15. The molecule has 2 N–H and O–H groups in total. The van der Waals surface area contributed by atoms with E-state index < -0.39 is 0 Å². The zero-order chi connectivity index (χ0) is 19.8. The van der Waals surface area contributed by atoms with Crippen molar-refractivity contribution >= 4 is 27.8 Å². The fraction of sp³-hybridized carbons (Fsp3) is 0.0870. The second-order valence-corrected chi connectivity index (χ2v) is 6.97. The molecule has 0 saturated carbocycles. The van der Waals surface area contributed by atoms with E-state index >= 15 is 0 Å². The van der Waals surface area contributed by atoms with Gasteiger partial charge in [-0.25, -0.2) is 14.3 Å². The Morgan fingerprint density at radius 2 is 1.72 bits per heavy atom. The van der Waals surface area contributed by atoms with Crippen LogP contribution in [0.15, 0.2) is 77.6 Å². The SMILES string of the molecule is Cc1cccc2c(NCc3ccccc3)nc(-n3c(=O)[nH]c4ccccc43)nc12. The predicted octanol–water partition coefficient (Wildman–Crippen LogP) is 4.18. The summed E-state index contributed by atoms with van der Waals surface area (Å²) in [6.07, 6.45) is 0. The molecule has 142 valence electrons. The summed E-state index contributed by atoms with van der Waals surface area (Å²) in [6.45, 7) is 2.64. The lowest BCUT2D eigenvalue weighted by atomic mass is 10.1. The van der Waals surface area contributed by atoms with Crippen molar-refractivity contribution in [3.63, 3.8) is 0 Å². The topological polar surface area (TPSA) is 75.6 Å². The van der Waals surface area contributed by atoms with Crippen molar-refractivity contribution in [2.45, 2.75) is 13.5 Å². The normalized spacial score (nSPS) is 11.2. The molecule has 0 spiro atoms. The molecule has 0 saturated heterocycles. The number of anilines is 1. The van der Waals surface area contributed by atoms with Gasteiger partial charge in [0.25, 0.3) is 0 Å². The molecule has 5 aromatic rings. The number of aryl methyl sites for hydroxylation is 1. The molecule has 0 aliphatic heterocycles. The fourth-order valence-electron chi connectivity index (χ4n) is 3.55. The predicted molar refractivity (Wildman–Crippen MR) is 115 cm³/mol. The van der Waals surface area contributed by atoms with Crippen molar-refractivity contribution in [2.75, 3.05) is 5.32 Å². The molecule has 29 heavy (non-hydrogen) atoms. The third-order valence-electron chi connectivity index (χ3n) is 5.01. The second-order valence-electron chi connectivity index (χ2n) is 6.97. The highest BCUT2D eigenvalue weighted by atomic mass is 16.1. The Morgan fingerprint density at radius 1 is 0.931 bits per heavy atom. The minimum atomic E-state index is -0.256. The third-order valence-corrected chi connectivity index (χ3v) is 5.01. The fourth-order valence-corrected chi connectivity index (χ4v) is 3.55. The van der Waals surface area contributed by atoms with Crippen LogP contribution in [0.25, 0.3) is 27.9 Å². The Balaban J connectivity index is 1.69. The van der Waals surface area contributed by atoms with Gasteiger partial charge in [-0.05, 0) is 36.2 Å². The molecule has 6 heteroatoms. The minimum Gasteiger partial charge on any atom is -0.365 e. The average Bonchev–Trinajstić information content (AvgIpc) is 3.09. The summed E-state index contributed by atoms with van der Waals surface area (Å²) >= 11 is 0. The minimum absolute atomic E-state index is 0.256. The lowest BCUT2D eigenvalue weighted by molar-refractivity contribution is 0.918. The summed E-state index contributed by atoms with van der Waals surface area (Å²) in [7, 11) is 0. The molecule has 0 fully saturated rings. The van der Waals surface area contributed by atoms with Crippen LogP contribution >= 0.6 is 0 Å². The summed E-state index contributed by atoms with van der Waals surface area (Å²) in [4.78, 5) is 25.0. The largest absolute Gasteiger partial charge is 0.365 e. The summed E-state index contributed by atoms with van der Waals surface area (Å²) in [6, 6.07) is 23.7. The van der Waals surface area contributed by atoms with Gasteiger partial charge in [0.2, 0.25) is 5.95 Å². The third kappa shape index (κ3) is 3.04. The number of fused-ring (bicyclic) bond motifs is 2. The van der Waals surface area contributed by atoms with Gasteiger partial charge in [0.15, 0.2) is 0 Å². The van der Waals surface area contributed by atoms with Gasteiger partial charge in [0.1, 0.15) is 5.82 Å². The monoisotopic (exact) mass is 381 g/mol. The smallest absolute Gasteiger partial charge is 0.333 e. The zero-order valence-corrected chi connectivity index (χ0v) is 15.9. The van der Waals surface area contributed by atoms with Crippen LogP contribution in [0.4, 0.5) is 5.82 Å². The van der Waals surface area contributed by atoms with Crippen LogP contribution in [-0.2, 0) is 6.54 Å². The maximum Gasteiger partial charge on any atom is 0.333 e. The summed E-state index contributed by atoms with van der Waals surface area (Å²) < 4.78 is 1.52. The van der Waals surface area contributed by atoms with Gasteiger partial charge >= 0.3 is 5.69 Å². The van der Waals surface area contributed by atoms with E-state index in [1.54, 1.807) is 0 Å². The Bertz CT molecular complexity index is 1390. The van der Waals surface area contributed by atoms with Crippen LogP contribution in [0.5, 0.6) is 0 Å². The van der Waals surface area contributed by atoms with Crippen molar-refractivity contribution in [2.24, 2.45) is 0 Å². The Kier molecular flexibility index (Phi) is 4.09. The molecule has 2 aromatic heterocycles. The van der Waals surface area contributed by atoms with Gasteiger partial charge < -0.3 is 10.3 Å². The van der Waals surface area contributed by atoms with Gasteiger partial charge in [-0.3, -0.25) is 0 Å². The molecule has 3 aromatic carbocycles. The van der Waals surface area contributed by atoms with E-state index in [2.05, 4.69) is 22.4 Å². The molecule has 0 aliphatic rings. The first-order valence-corrected chi connectivity index (χ1v) is 9.46. The molecular formula is C23H19N5O. The van der Waals surface area contributed by atoms with E-state index in [-0.39, 0.29) is 5.69 Å². The number of rotatable bonds is 4. The molecule has 2 heterocycles. The molecule has 5 rings (SSSR count). The van der Waals surface area contributed by atoms with E-state index in [1.165, 1.54) is 4.57 Å². The van der Waals surface area contributed by atoms with Crippen LogP contribution in [0.2, 0.25) is 0 Å². The number of nitrogens with one attached hydrogen (secondary N) is 2. The van der Waals surface area contributed by atoms with Crippen molar-refractivity contribution < 1.29 is 0 Å². The summed E-state index contributed by atoms with van der Waals surface area (Å²) in [5.41, 5.74) is 4.25. The highest BCUT2D eigenvalue weighted by molar-refractivity contribution is 5.92. The van der Waals surface area contributed by atoms with E-state index in [0.29, 0.717) is 18.3 Å². The lowest BCUT2D eigenvalue weighted by Crippen LogP contribution is -2.18. The zero-order valence-electron chi connectivity index (χ0n) is 15.9. The van der Waals surface area contributed by atoms with Crippen molar-refractivity contribution in [1.82, 2.24) is 19.5 Å². The van der Waals surface area contributed by atoms with Crippen LogP contribution in [0.3, 0.4) is 0 Å². The van der Waals surface area contributed by atoms with Crippen LogP contribution in [0.1, 0.15) is 11.1 Å². The van der Waals surface area contributed by atoms with Crippen molar-refractivity contribution in [3.8, 4) is 5.95 Å². The van der Waals surface area contributed by atoms with Crippen LogP contribution < -0.4 is 11.0 Å².